The molecule has 0 spiro atoms. The molecule has 2 aliphatic heterocycles. The molecule has 1 N–H and O–H groups in total. The van der Waals surface area contributed by atoms with E-state index in [9.17, 15) is 18.3 Å². The van der Waals surface area contributed by atoms with Gasteiger partial charge in [-0.25, -0.2) is 0 Å². The zero-order valence-corrected chi connectivity index (χ0v) is 11.9. The van der Waals surface area contributed by atoms with Gasteiger partial charge in [0.1, 0.15) is 18.0 Å². The lowest BCUT2D eigenvalue weighted by atomic mass is 9.91. The SMILES string of the molecule is OC1COC1C1Oc2ccc3ccccc3c2C=C1C(F)(F)F. The van der Waals surface area contributed by atoms with Crippen molar-refractivity contribution < 1.29 is 27.8 Å². The second kappa shape index (κ2) is 4.97. The second-order valence-corrected chi connectivity index (χ2v) is 5.70. The summed E-state index contributed by atoms with van der Waals surface area (Å²) in [5.41, 5.74) is -0.425. The molecule has 0 bridgehead atoms. The van der Waals surface area contributed by atoms with Gasteiger partial charge in [-0.1, -0.05) is 30.3 Å². The third-order valence-corrected chi connectivity index (χ3v) is 4.26. The molecule has 3 unspecified atom stereocenters. The van der Waals surface area contributed by atoms with Gasteiger partial charge in [-0.15, -0.1) is 0 Å². The first-order chi connectivity index (χ1) is 10.9. The number of aliphatic hydroxyl groups excluding tert-OH is 1. The van der Waals surface area contributed by atoms with Gasteiger partial charge in [-0.3, -0.25) is 0 Å². The number of ether oxygens (including phenoxy) is 2. The van der Waals surface area contributed by atoms with Crippen LogP contribution in [0.5, 0.6) is 5.75 Å². The number of hydrogen-bond acceptors (Lipinski definition) is 3. The molecule has 0 aliphatic carbocycles. The minimum absolute atomic E-state index is 0.0280. The van der Waals surface area contributed by atoms with Crippen molar-refractivity contribution in [3.63, 3.8) is 0 Å². The fraction of sp³-hybridized carbons (Fsp3) is 0.294. The van der Waals surface area contributed by atoms with Gasteiger partial charge in [0.2, 0.25) is 0 Å². The normalized spacial score (nSPS) is 27.0. The van der Waals surface area contributed by atoms with Crippen LogP contribution in [0.4, 0.5) is 13.2 Å². The fourth-order valence-electron chi connectivity index (χ4n) is 3.03. The maximum atomic E-state index is 13.4. The topological polar surface area (TPSA) is 38.7 Å². The van der Waals surface area contributed by atoms with E-state index >= 15 is 0 Å². The third-order valence-electron chi connectivity index (χ3n) is 4.26. The van der Waals surface area contributed by atoms with E-state index in [1.165, 1.54) is 0 Å². The molecule has 0 amide bonds. The highest BCUT2D eigenvalue weighted by Crippen LogP contribution is 2.43. The fourth-order valence-corrected chi connectivity index (χ4v) is 3.03. The van der Waals surface area contributed by atoms with Crippen LogP contribution in [0.1, 0.15) is 5.56 Å². The van der Waals surface area contributed by atoms with Gasteiger partial charge in [0, 0.05) is 5.56 Å². The quantitative estimate of drug-likeness (QED) is 0.875. The van der Waals surface area contributed by atoms with Crippen LogP contribution in [0.3, 0.4) is 0 Å². The highest BCUT2D eigenvalue weighted by Gasteiger charge is 2.50. The molecule has 3 atom stereocenters. The molecule has 3 nitrogen and oxygen atoms in total. The summed E-state index contributed by atoms with van der Waals surface area (Å²) in [5, 5.41) is 11.2. The summed E-state index contributed by atoms with van der Waals surface area (Å²) in [7, 11) is 0. The van der Waals surface area contributed by atoms with Crippen LogP contribution in [-0.2, 0) is 4.74 Å². The number of fused-ring (bicyclic) bond motifs is 3. The molecule has 0 radical (unpaired) electrons. The van der Waals surface area contributed by atoms with Crippen molar-refractivity contribution in [3.8, 4) is 5.75 Å². The number of aliphatic hydroxyl groups is 1. The lowest BCUT2D eigenvalue weighted by Gasteiger charge is -2.41. The van der Waals surface area contributed by atoms with E-state index in [-0.39, 0.29) is 6.61 Å². The Balaban J connectivity index is 1.88. The number of benzene rings is 2. The summed E-state index contributed by atoms with van der Waals surface area (Å²) in [6.45, 7) is 0.0280. The lowest BCUT2D eigenvalue weighted by molar-refractivity contribution is -0.201. The molecule has 0 aromatic heterocycles. The highest BCUT2D eigenvalue weighted by molar-refractivity contribution is 5.94. The minimum Gasteiger partial charge on any atom is -0.482 e. The lowest BCUT2D eigenvalue weighted by Crippen LogP contribution is -2.56. The average molecular weight is 322 g/mol. The Kier molecular flexibility index (Phi) is 3.14. The number of rotatable bonds is 1. The first-order valence-corrected chi connectivity index (χ1v) is 7.22. The first-order valence-electron chi connectivity index (χ1n) is 7.22. The van der Waals surface area contributed by atoms with Gasteiger partial charge in [-0.05, 0) is 22.9 Å². The van der Waals surface area contributed by atoms with E-state index in [1.54, 1.807) is 24.3 Å². The molecule has 6 heteroatoms. The molecular formula is C17H13F3O3. The Labute approximate surface area is 129 Å². The molecule has 1 fully saturated rings. The van der Waals surface area contributed by atoms with Gasteiger partial charge in [0.05, 0.1) is 12.2 Å². The zero-order chi connectivity index (χ0) is 16.2. The summed E-state index contributed by atoms with van der Waals surface area (Å²) in [6.07, 6.45) is -6.75. The standard InChI is InChI=1S/C17H13F3O3/c18-17(19,20)12-7-11-10-4-2-1-3-9(10)5-6-14(11)23-15(12)16-13(21)8-22-16/h1-7,13,15-16,21H,8H2. The van der Waals surface area contributed by atoms with Crippen molar-refractivity contribution in [3.05, 3.63) is 47.5 Å². The molecule has 1 saturated heterocycles. The van der Waals surface area contributed by atoms with Crippen molar-refractivity contribution in [2.24, 2.45) is 0 Å². The minimum atomic E-state index is -4.56. The van der Waals surface area contributed by atoms with E-state index in [4.69, 9.17) is 9.47 Å². The van der Waals surface area contributed by atoms with Gasteiger partial charge in [0.15, 0.2) is 6.10 Å². The van der Waals surface area contributed by atoms with Gasteiger partial charge in [-0.2, -0.15) is 13.2 Å². The smallest absolute Gasteiger partial charge is 0.416 e. The van der Waals surface area contributed by atoms with Gasteiger partial charge < -0.3 is 14.6 Å². The Morgan fingerprint density at radius 1 is 1.09 bits per heavy atom. The van der Waals surface area contributed by atoms with E-state index in [0.717, 1.165) is 11.5 Å². The van der Waals surface area contributed by atoms with Crippen LogP contribution >= 0.6 is 0 Å². The summed E-state index contributed by atoms with van der Waals surface area (Å²) >= 11 is 0. The van der Waals surface area contributed by atoms with Crippen LogP contribution in [0.15, 0.2) is 42.0 Å². The largest absolute Gasteiger partial charge is 0.482 e. The Hall–Kier alpha value is -2.05. The predicted molar refractivity (Wildman–Crippen MR) is 78.1 cm³/mol. The van der Waals surface area contributed by atoms with Gasteiger partial charge >= 0.3 is 6.18 Å². The van der Waals surface area contributed by atoms with Crippen molar-refractivity contribution in [1.29, 1.82) is 0 Å². The molecular weight excluding hydrogens is 309 g/mol. The van der Waals surface area contributed by atoms with Crippen LogP contribution < -0.4 is 4.74 Å². The summed E-state index contributed by atoms with van der Waals surface area (Å²) in [4.78, 5) is 0. The maximum Gasteiger partial charge on any atom is 0.416 e. The Bertz CT molecular complexity index is 797. The number of alkyl halides is 3. The Morgan fingerprint density at radius 3 is 2.52 bits per heavy atom. The van der Waals surface area contributed by atoms with Crippen LogP contribution in [0.2, 0.25) is 0 Å². The van der Waals surface area contributed by atoms with Gasteiger partial charge in [0.25, 0.3) is 0 Å². The third kappa shape index (κ3) is 2.29. The first kappa shape index (κ1) is 14.5. The zero-order valence-electron chi connectivity index (χ0n) is 11.9. The van der Waals surface area contributed by atoms with E-state index in [2.05, 4.69) is 0 Å². The molecule has 2 heterocycles. The monoisotopic (exact) mass is 322 g/mol. The maximum absolute atomic E-state index is 13.4. The molecule has 0 saturated carbocycles. The predicted octanol–water partition coefficient (Wildman–Crippen LogP) is 3.31. The number of halogens is 3. The van der Waals surface area contributed by atoms with Crippen molar-refractivity contribution in [1.82, 2.24) is 0 Å². The van der Waals surface area contributed by atoms with Crippen LogP contribution in [0, 0.1) is 0 Å². The molecule has 23 heavy (non-hydrogen) atoms. The van der Waals surface area contributed by atoms with E-state index in [1.807, 2.05) is 12.1 Å². The second-order valence-electron chi connectivity index (χ2n) is 5.70. The average Bonchev–Trinajstić information content (AvgIpc) is 2.51. The van der Waals surface area contributed by atoms with E-state index in [0.29, 0.717) is 16.7 Å². The van der Waals surface area contributed by atoms with Crippen molar-refractivity contribution in [2.75, 3.05) is 6.61 Å². The summed E-state index contributed by atoms with van der Waals surface area (Å²) < 4.78 is 51.0. The number of hydrogen-bond donors (Lipinski definition) is 1. The summed E-state index contributed by atoms with van der Waals surface area (Å²) in [5.74, 6) is 0.365. The molecule has 120 valence electrons. The highest BCUT2D eigenvalue weighted by atomic mass is 19.4. The van der Waals surface area contributed by atoms with Crippen LogP contribution in [0.25, 0.3) is 16.8 Å². The van der Waals surface area contributed by atoms with E-state index < -0.39 is 30.1 Å². The Morgan fingerprint density at radius 2 is 1.87 bits per heavy atom. The molecule has 4 rings (SSSR count). The van der Waals surface area contributed by atoms with Crippen molar-refractivity contribution >= 4 is 16.8 Å². The van der Waals surface area contributed by atoms with Crippen LogP contribution in [-0.4, -0.2) is 36.2 Å². The summed E-state index contributed by atoms with van der Waals surface area (Å²) in [6, 6.07) is 10.6. The molecule has 2 aliphatic rings. The molecule has 2 aromatic rings. The van der Waals surface area contributed by atoms with Crippen molar-refractivity contribution in [2.45, 2.75) is 24.5 Å². The molecule has 2 aromatic carbocycles.